The molecule has 0 fully saturated rings. The van der Waals surface area contributed by atoms with Gasteiger partial charge >= 0.3 is 0 Å². The number of benzene rings is 2. The van der Waals surface area contributed by atoms with Gasteiger partial charge in [0.1, 0.15) is 11.6 Å². The summed E-state index contributed by atoms with van der Waals surface area (Å²) in [7, 11) is -0.580. The maximum Gasteiger partial charge on any atom is 0.242 e. The molecule has 0 aliphatic heterocycles. The summed E-state index contributed by atoms with van der Waals surface area (Å²) in [5.41, 5.74) is 2.65. The number of imidazole rings is 1. The number of rotatable bonds is 4. The summed E-state index contributed by atoms with van der Waals surface area (Å²) in [5.74, 6) is 0.148. The molecule has 25 heavy (non-hydrogen) atoms. The maximum atomic E-state index is 14.3. The fourth-order valence-electron chi connectivity index (χ4n) is 2.82. The van der Waals surface area contributed by atoms with E-state index in [0.29, 0.717) is 23.4 Å². The molecule has 3 rings (SSSR count). The first-order valence-electron chi connectivity index (χ1n) is 7.95. The van der Waals surface area contributed by atoms with Crippen molar-refractivity contribution in [3.63, 3.8) is 0 Å². The first-order valence-corrected chi connectivity index (χ1v) is 9.39. The predicted octanol–water partition coefficient (Wildman–Crippen LogP) is 3.42. The van der Waals surface area contributed by atoms with E-state index in [2.05, 4.69) is 4.98 Å². The minimum Gasteiger partial charge on any atom is -0.324 e. The molecule has 0 amide bonds. The lowest BCUT2D eigenvalue weighted by molar-refractivity contribution is 0.521. The lowest BCUT2D eigenvalue weighted by Gasteiger charge is -2.11. The quantitative estimate of drug-likeness (QED) is 0.715. The molecule has 0 unspecified atom stereocenters. The van der Waals surface area contributed by atoms with Crippen LogP contribution in [0.4, 0.5) is 4.39 Å². The fourth-order valence-corrected chi connectivity index (χ4v) is 3.74. The van der Waals surface area contributed by atoms with E-state index in [4.69, 9.17) is 0 Å². The number of aromatic nitrogens is 2. The Labute approximate surface area is 146 Å². The van der Waals surface area contributed by atoms with Gasteiger partial charge in [0.05, 0.1) is 21.5 Å². The number of hydrogen-bond acceptors (Lipinski definition) is 3. The van der Waals surface area contributed by atoms with E-state index >= 15 is 0 Å². The highest BCUT2D eigenvalue weighted by Gasteiger charge is 2.20. The third kappa shape index (κ3) is 2.94. The first-order chi connectivity index (χ1) is 11.8. The highest BCUT2D eigenvalue weighted by molar-refractivity contribution is 7.89. The van der Waals surface area contributed by atoms with Crippen LogP contribution in [0.5, 0.6) is 0 Å². The molecule has 132 valence electrons. The summed E-state index contributed by atoms with van der Waals surface area (Å²) in [6.07, 6.45) is 0. The number of nitrogens with zero attached hydrogens (tertiary/aromatic N) is 3. The zero-order chi connectivity index (χ0) is 18.4. The predicted molar refractivity (Wildman–Crippen MR) is 96.4 cm³/mol. The van der Waals surface area contributed by atoms with Crippen LogP contribution in [0.2, 0.25) is 0 Å². The normalized spacial score (nSPS) is 12.2. The Balaban J connectivity index is 2.27. The number of sulfonamides is 1. The van der Waals surface area contributed by atoms with Crippen LogP contribution in [-0.2, 0) is 16.6 Å². The molecule has 7 heteroatoms. The van der Waals surface area contributed by atoms with Crippen molar-refractivity contribution in [1.82, 2.24) is 13.9 Å². The standard InChI is InChI=1S/C18H20FN3O2S/c1-5-22-17-9-7-13(25(23,24)21(3)4)11-16(17)20-18(22)14-10-12(2)6-8-15(14)19/h6-11H,5H2,1-4H3. The van der Waals surface area contributed by atoms with Gasteiger partial charge in [0.2, 0.25) is 10.0 Å². The molecule has 0 saturated heterocycles. The number of aryl methyl sites for hydroxylation is 2. The van der Waals surface area contributed by atoms with Gasteiger partial charge in [0, 0.05) is 20.6 Å². The highest BCUT2D eigenvalue weighted by atomic mass is 32.2. The Hall–Kier alpha value is -2.25. The van der Waals surface area contributed by atoms with E-state index < -0.39 is 10.0 Å². The Morgan fingerprint density at radius 1 is 1.16 bits per heavy atom. The molecule has 0 spiro atoms. The van der Waals surface area contributed by atoms with Gasteiger partial charge in [-0.3, -0.25) is 0 Å². The largest absolute Gasteiger partial charge is 0.324 e. The van der Waals surface area contributed by atoms with Gasteiger partial charge in [-0.15, -0.1) is 0 Å². The third-order valence-corrected chi connectivity index (χ3v) is 5.99. The summed E-state index contributed by atoms with van der Waals surface area (Å²) in [6, 6.07) is 9.70. The van der Waals surface area contributed by atoms with Crippen molar-refractivity contribution < 1.29 is 12.8 Å². The minimum atomic E-state index is -3.55. The molecule has 1 heterocycles. The van der Waals surface area contributed by atoms with Crippen LogP contribution in [0.1, 0.15) is 12.5 Å². The van der Waals surface area contributed by atoms with Crippen LogP contribution < -0.4 is 0 Å². The van der Waals surface area contributed by atoms with Crippen molar-refractivity contribution in [1.29, 1.82) is 0 Å². The summed E-state index contributed by atoms with van der Waals surface area (Å²) < 4.78 is 42.0. The van der Waals surface area contributed by atoms with E-state index in [1.807, 2.05) is 18.4 Å². The van der Waals surface area contributed by atoms with Crippen LogP contribution in [0, 0.1) is 12.7 Å². The second-order valence-electron chi connectivity index (χ2n) is 6.10. The maximum absolute atomic E-state index is 14.3. The van der Waals surface area contributed by atoms with Gasteiger partial charge in [-0.2, -0.15) is 0 Å². The van der Waals surface area contributed by atoms with Crippen LogP contribution >= 0.6 is 0 Å². The van der Waals surface area contributed by atoms with Crippen molar-refractivity contribution >= 4 is 21.1 Å². The monoisotopic (exact) mass is 361 g/mol. The molecule has 0 aliphatic carbocycles. The summed E-state index contributed by atoms with van der Waals surface area (Å²) in [4.78, 5) is 4.70. The number of halogens is 1. The third-order valence-electron chi connectivity index (χ3n) is 4.18. The Kier molecular flexibility index (Phi) is 4.38. The number of fused-ring (bicyclic) bond motifs is 1. The second-order valence-corrected chi connectivity index (χ2v) is 8.25. The van der Waals surface area contributed by atoms with Crippen molar-refractivity contribution in [2.75, 3.05) is 14.1 Å². The summed E-state index contributed by atoms with van der Waals surface area (Å²) in [5, 5.41) is 0. The van der Waals surface area contributed by atoms with E-state index in [-0.39, 0.29) is 10.7 Å². The van der Waals surface area contributed by atoms with E-state index in [1.165, 1.54) is 26.2 Å². The average molecular weight is 361 g/mol. The summed E-state index contributed by atoms with van der Waals surface area (Å²) in [6.45, 7) is 4.44. The van der Waals surface area contributed by atoms with Gasteiger partial charge in [0.15, 0.2) is 0 Å². The molecule has 0 bridgehead atoms. The molecule has 5 nitrogen and oxygen atoms in total. The molecule has 3 aromatic rings. The van der Waals surface area contributed by atoms with Gasteiger partial charge in [-0.25, -0.2) is 22.1 Å². The molecule has 0 saturated carbocycles. The molecule has 2 aromatic carbocycles. The Bertz CT molecular complexity index is 1060. The molecule has 1 aromatic heterocycles. The lowest BCUT2D eigenvalue weighted by Crippen LogP contribution is -2.22. The molecule has 0 aliphatic rings. The fraction of sp³-hybridized carbons (Fsp3) is 0.278. The van der Waals surface area contributed by atoms with Crippen LogP contribution in [-0.4, -0.2) is 36.4 Å². The van der Waals surface area contributed by atoms with Gasteiger partial charge in [0.25, 0.3) is 0 Å². The van der Waals surface area contributed by atoms with Gasteiger partial charge < -0.3 is 4.57 Å². The smallest absolute Gasteiger partial charge is 0.242 e. The Morgan fingerprint density at radius 3 is 2.52 bits per heavy atom. The topological polar surface area (TPSA) is 55.2 Å². The molecule has 0 atom stereocenters. The zero-order valence-electron chi connectivity index (χ0n) is 14.6. The lowest BCUT2D eigenvalue weighted by atomic mass is 10.1. The summed E-state index contributed by atoms with van der Waals surface area (Å²) >= 11 is 0. The van der Waals surface area contributed by atoms with Crippen molar-refractivity contribution in [3.05, 3.63) is 47.8 Å². The average Bonchev–Trinajstić information content (AvgIpc) is 2.94. The van der Waals surface area contributed by atoms with Crippen LogP contribution in [0.25, 0.3) is 22.4 Å². The van der Waals surface area contributed by atoms with E-state index in [1.54, 1.807) is 24.3 Å². The minimum absolute atomic E-state index is 0.169. The van der Waals surface area contributed by atoms with Crippen molar-refractivity contribution in [2.45, 2.75) is 25.3 Å². The van der Waals surface area contributed by atoms with Crippen molar-refractivity contribution in [3.8, 4) is 11.4 Å². The zero-order valence-corrected chi connectivity index (χ0v) is 15.4. The van der Waals surface area contributed by atoms with Crippen molar-refractivity contribution in [2.24, 2.45) is 0 Å². The van der Waals surface area contributed by atoms with E-state index in [0.717, 1.165) is 15.4 Å². The molecular formula is C18H20FN3O2S. The second kappa shape index (κ2) is 6.24. The number of hydrogen-bond donors (Lipinski definition) is 0. The molecule has 0 N–H and O–H groups in total. The van der Waals surface area contributed by atoms with Gasteiger partial charge in [-0.05, 0) is 44.2 Å². The SMILES string of the molecule is CCn1c(-c2cc(C)ccc2F)nc2cc(S(=O)(=O)N(C)C)ccc21. The van der Waals surface area contributed by atoms with Crippen LogP contribution in [0.3, 0.4) is 0 Å². The highest BCUT2D eigenvalue weighted by Crippen LogP contribution is 2.29. The molecular weight excluding hydrogens is 341 g/mol. The van der Waals surface area contributed by atoms with Gasteiger partial charge in [-0.1, -0.05) is 11.6 Å². The molecule has 0 radical (unpaired) electrons. The van der Waals surface area contributed by atoms with Crippen LogP contribution in [0.15, 0.2) is 41.3 Å². The van der Waals surface area contributed by atoms with E-state index in [9.17, 15) is 12.8 Å². The Morgan fingerprint density at radius 2 is 1.88 bits per heavy atom. The first kappa shape index (κ1) is 17.6.